The second-order valence-electron chi connectivity index (χ2n) is 7.08. The van der Waals surface area contributed by atoms with E-state index in [4.69, 9.17) is 4.74 Å². The van der Waals surface area contributed by atoms with Crippen molar-refractivity contribution >= 4 is 6.09 Å². The number of halogens is 2. The molecular formula is C22H25F2NO2. The van der Waals surface area contributed by atoms with Crippen LogP contribution in [0.3, 0.4) is 0 Å². The number of piperidine rings is 1. The van der Waals surface area contributed by atoms with Gasteiger partial charge in [0.05, 0.1) is 0 Å². The third kappa shape index (κ3) is 5.52. The molecule has 0 atom stereocenters. The second-order valence-corrected chi connectivity index (χ2v) is 7.08. The quantitative estimate of drug-likeness (QED) is 0.659. The number of rotatable bonds is 6. The Hall–Kier alpha value is -2.43. The molecule has 1 fully saturated rings. The lowest BCUT2D eigenvalue weighted by molar-refractivity contribution is -0.0217. The van der Waals surface area contributed by atoms with Crippen molar-refractivity contribution < 1.29 is 18.3 Å². The van der Waals surface area contributed by atoms with Crippen molar-refractivity contribution in [2.24, 2.45) is 5.92 Å². The molecule has 0 N–H and O–H groups in total. The Morgan fingerprint density at radius 2 is 1.59 bits per heavy atom. The normalized spacial score (nSPS) is 15.6. The van der Waals surface area contributed by atoms with Gasteiger partial charge in [-0.2, -0.15) is 0 Å². The summed E-state index contributed by atoms with van der Waals surface area (Å²) < 4.78 is 33.9. The van der Waals surface area contributed by atoms with Crippen molar-refractivity contribution in [1.29, 1.82) is 0 Å². The number of carbonyl (C=O) groups excluding carboxylic acids is 1. The molecule has 0 saturated carbocycles. The minimum Gasteiger partial charge on any atom is -0.445 e. The van der Waals surface area contributed by atoms with Crippen LogP contribution in [0.15, 0.2) is 60.7 Å². The topological polar surface area (TPSA) is 29.5 Å². The van der Waals surface area contributed by atoms with Crippen LogP contribution in [0.1, 0.15) is 36.8 Å². The highest BCUT2D eigenvalue weighted by Gasteiger charge is 2.33. The van der Waals surface area contributed by atoms with E-state index in [1.807, 2.05) is 30.3 Å². The predicted molar refractivity (Wildman–Crippen MR) is 100 cm³/mol. The van der Waals surface area contributed by atoms with Gasteiger partial charge < -0.3 is 9.64 Å². The van der Waals surface area contributed by atoms with Gasteiger partial charge in [-0.3, -0.25) is 0 Å². The van der Waals surface area contributed by atoms with Crippen LogP contribution in [-0.2, 0) is 17.3 Å². The van der Waals surface area contributed by atoms with E-state index in [0.717, 1.165) is 18.4 Å². The summed E-state index contributed by atoms with van der Waals surface area (Å²) in [6, 6.07) is 17.5. The van der Waals surface area contributed by atoms with E-state index >= 15 is 0 Å². The Balaban J connectivity index is 1.40. The fourth-order valence-corrected chi connectivity index (χ4v) is 3.43. The van der Waals surface area contributed by atoms with E-state index < -0.39 is 5.92 Å². The monoisotopic (exact) mass is 373 g/mol. The lowest BCUT2D eigenvalue weighted by atomic mass is 9.89. The first-order valence-corrected chi connectivity index (χ1v) is 9.43. The molecule has 1 heterocycles. The highest BCUT2D eigenvalue weighted by atomic mass is 19.3. The van der Waals surface area contributed by atoms with Crippen LogP contribution in [0.5, 0.6) is 0 Å². The molecule has 1 aliphatic rings. The molecular weight excluding hydrogens is 348 g/mol. The van der Waals surface area contributed by atoms with Crippen molar-refractivity contribution in [2.75, 3.05) is 13.1 Å². The van der Waals surface area contributed by atoms with Crippen molar-refractivity contribution in [1.82, 2.24) is 4.90 Å². The third-order valence-corrected chi connectivity index (χ3v) is 5.14. The van der Waals surface area contributed by atoms with E-state index in [2.05, 4.69) is 0 Å². The molecule has 0 aliphatic carbocycles. The lowest BCUT2D eigenvalue weighted by Gasteiger charge is -2.32. The van der Waals surface area contributed by atoms with Gasteiger partial charge in [0.15, 0.2) is 0 Å². The van der Waals surface area contributed by atoms with Gasteiger partial charge >= 0.3 is 6.09 Å². The average Bonchev–Trinajstić information content (AvgIpc) is 2.72. The van der Waals surface area contributed by atoms with Crippen molar-refractivity contribution in [3.05, 3.63) is 71.8 Å². The summed E-state index contributed by atoms with van der Waals surface area (Å²) >= 11 is 0. The molecule has 0 aromatic heterocycles. The highest BCUT2D eigenvalue weighted by molar-refractivity contribution is 5.67. The van der Waals surface area contributed by atoms with Crippen molar-refractivity contribution in [2.45, 2.75) is 38.2 Å². The number of carbonyl (C=O) groups is 1. The summed E-state index contributed by atoms with van der Waals surface area (Å²) in [4.78, 5) is 13.8. The van der Waals surface area contributed by atoms with E-state index in [-0.39, 0.29) is 30.6 Å². The Kier molecular flexibility index (Phi) is 6.43. The largest absolute Gasteiger partial charge is 0.445 e. The molecule has 0 radical (unpaired) electrons. The van der Waals surface area contributed by atoms with E-state index in [1.165, 1.54) is 12.1 Å². The van der Waals surface area contributed by atoms with Crippen LogP contribution in [0.2, 0.25) is 0 Å². The number of benzene rings is 2. The van der Waals surface area contributed by atoms with Crippen LogP contribution < -0.4 is 0 Å². The number of amides is 1. The molecule has 27 heavy (non-hydrogen) atoms. The SMILES string of the molecule is O=C(OCc1ccccc1)N1CCC(CCC(F)(F)c2ccccc2)CC1. The lowest BCUT2D eigenvalue weighted by Crippen LogP contribution is -2.39. The first-order chi connectivity index (χ1) is 13.0. The highest BCUT2D eigenvalue weighted by Crippen LogP contribution is 2.35. The van der Waals surface area contributed by atoms with Crippen molar-refractivity contribution in [3.63, 3.8) is 0 Å². The molecule has 144 valence electrons. The zero-order valence-electron chi connectivity index (χ0n) is 15.3. The smallest absolute Gasteiger partial charge is 0.410 e. The number of likely N-dealkylation sites (tertiary alicyclic amines) is 1. The van der Waals surface area contributed by atoms with E-state index in [9.17, 15) is 13.6 Å². The van der Waals surface area contributed by atoms with Gasteiger partial charge in [-0.25, -0.2) is 13.6 Å². The molecule has 1 saturated heterocycles. The minimum atomic E-state index is -2.80. The Labute approximate surface area is 158 Å². The molecule has 2 aromatic carbocycles. The predicted octanol–water partition coefficient (Wildman–Crippen LogP) is 5.61. The van der Waals surface area contributed by atoms with Gasteiger partial charge in [-0.05, 0) is 30.7 Å². The molecule has 3 rings (SSSR count). The molecule has 1 aliphatic heterocycles. The second kappa shape index (κ2) is 8.98. The molecule has 0 unspecified atom stereocenters. The zero-order chi connectivity index (χ0) is 19.1. The van der Waals surface area contributed by atoms with Gasteiger partial charge in [0, 0.05) is 25.1 Å². The van der Waals surface area contributed by atoms with Crippen LogP contribution in [0.4, 0.5) is 13.6 Å². The van der Waals surface area contributed by atoms with Gasteiger partial charge in [0.2, 0.25) is 0 Å². The molecule has 5 heteroatoms. The summed E-state index contributed by atoms with van der Waals surface area (Å²) in [6.07, 6.45) is 1.47. The Morgan fingerprint density at radius 1 is 1.00 bits per heavy atom. The van der Waals surface area contributed by atoms with Crippen LogP contribution >= 0.6 is 0 Å². The fraction of sp³-hybridized carbons (Fsp3) is 0.409. The zero-order valence-corrected chi connectivity index (χ0v) is 15.3. The number of hydrogen-bond donors (Lipinski definition) is 0. The van der Waals surface area contributed by atoms with Crippen LogP contribution in [0, 0.1) is 5.92 Å². The van der Waals surface area contributed by atoms with Gasteiger partial charge in [0.25, 0.3) is 5.92 Å². The molecule has 0 bridgehead atoms. The minimum absolute atomic E-state index is 0.0759. The maximum Gasteiger partial charge on any atom is 0.410 e. The Bertz CT molecular complexity index is 714. The number of alkyl halides is 2. The third-order valence-electron chi connectivity index (χ3n) is 5.14. The van der Waals surface area contributed by atoms with E-state index in [1.54, 1.807) is 23.1 Å². The summed E-state index contributed by atoms with van der Waals surface area (Å²) in [5, 5.41) is 0. The van der Waals surface area contributed by atoms with Gasteiger partial charge in [-0.1, -0.05) is 60.7 Å². The maximum atomic E-state index is 14.3. The van der Waals surface area contributed by atoms with Crippen LogP contribution in [0.25, 0.3) is 0 Å². The number of hydrogen-bond acceptors (Lipinski definition) is 2. The van der Waals surface area contributed by atoms with Crippen molar-refractivity contribution in [3.8, 4) is 0 Å². The average molecular weight is 373 g/mol. The van der Waals surface area contributed by atoms with Gasteiger partial charge in [-0.15, -0.1) is 0 Å². The first kappa shape index (κ1) is 19.3. The molecule has 3 nitrogen and oxygen atoms in total. The standard InChI is InChI=1S/C22H25F2NO2/c23-22(24,20-9-5-2-6-10-20)14-11-18-12-15-25(16-13-18)21(26)27-17-19-7-3-1-4-8-19/h1-10,18H,11-17H2. The summed E-state index contributed by atoms with van der Waals surface area (Å²) in [6.45, 7) is 1.38. The molecule has 1 amide bonds. The van der Waals surface area contributed by atoms with Crippen LogP contribution in [-0.4, -0.2) is 24.1 Å². The first-order valence-electron chi connectivity index (χ1n) is 9.43. The number of nitrogens with zero attached hydrogens (tertiary/aromatic N) is 1. The summed E-state index contributed by atoms with van der Waals surface area (Å²) in [5.41, 5.74) is 1.02. The molecule has 0 spiro atoms. The summed E-state index contributed by atoms with van der Waals surface area (Å²) in [7, 11) is 0. The maximum absolute atomic E-state index is 14.3. The Morgan fingerprint density at radius 3 is 2.22 bits per heavy atom. The fourth-order valence-electron chi connectivity index (χ4n) is 3.43. The van der Waals surface area contributed by atoms with E-state index in [0.29, 0.717) is 19.5 Å². The summed E-state index contributed by atoms with van der Waals surface area (Å²) in [5.74, 6) is -2.58. The number of ether oxygens (including phenoxy) is 1. The molecule has 2 aromatic rings. The van der Waals surface area contributed by atoms with Gasteiger partial charge in [0.1, 0.15) is 6.61 Å².